The Hall–Kier alpha value is -2.65. The zero-order chi connectivity index (χ0) is 22.4. The molecule has 2 aromatic rings. The summed E-state index contributed by atoms with van der Waals surface area (Å²) in [7, 11) is 1.76. The van der Waals surface area contributed by atoms with E-state index in [1.807, 2.05) is 17.5 Å². The summed E-state index contributed by atoms with van der Waals surface area (Å²) in [4.78, 5) is 30.6. The van der Waals surface area contributed by atoms with Gasteiger partial charge in [0.15, 0.2) is 5.13 Å². The second-order valence-corrected chi connectivity index (χ2v) is 9.30. The van der Waals surface area contributed by atoms with Crippen molar-refractivity contribution in [2.45, 2.75) is 45.3 Å². The van der Waals surface area contributed by atoms with Crippen molar-refractivity contribution in [3.8, 4) is 11.3 Å². The highest BCUT2D eigenvalue weighted by molar-refractivity contribution is 7.14. The summed E-state index contributed by atoms with van der Waals surface area (Å²) in [6.45, 7) is 6.99. The van der Waals surface area contributed by atoms with E-state index in [9.17, 15) is 9.59 Å². The number of amides is 2. The molecule has 1 aromatic carbocycles. The van der Waals surface area contributed by atoms with E-state index < -0.39 is 11.7 Å². The van der Waals surface area contributed by atoms with E-state index in [2.05, 4.69) is 32.7 Å². The second kappa shape index (κ2) is 10.1. The molecule has 31 heavy (non-hydrogen) atoms. The van der Waals surface area contributed by atoms with Crippen LogP contribution in [0.5, 0.6) is 0 Å². The van der Waals surface area contributed by atoms with Crippen LogP contribution >= 0.6 is 11.3 Å². The minimum Gasteiger partial charge on any atom is -0.444 e. The Labute approximate surface area is 186 Å². The molecule has 1 saturated heterocycles. The fourth-order valence-corrected chi connectivity index (χ4v) is 4.06. The highest BCUT2D eigenvalue weighted by atomic mass is 32.1. The number of benzene rings is 1. The lowest BCUT2D eigenvalue weighted by molar-refractivity contribution is -0.115. The highest BCUT2D eigenvalue weighted by Crippen LogP contribution is 2.29. The Morgan fingerprint density at radius 2 is 2.13 bits per heavy atom. The average molecular weight is 447 g/mol. The Bertz CT molecular complexity index is 909. The van der Waals surface area contributed by atoms with Crippen molar-refractivity contribution in [3.63, 3.8) is 0 Å². The normalized spacial score (nSPS) is 16.6. The molecule has 2 N–H and O–H groups in total. The van der Waals surface area contributed by atoms with Crippen molar-refractivity contribution >= 4 is 34.2 Å². The third-order valence-electron chi connectivity index (χ3n) is 4.76. The molecule has 0 bridgehead atoms. The molecule has 0 radical (unpaired) electrons. The largest absolute Gasteiger partial charge is 0.444 e. The Kier molecular flexibility index (Phi) is 7.50. The van der Waals surface area contributed by atoms with Crippen LogP contribution in [0.4, 0.5) is 15.6 Å². The molecule has 8 nitrogen and oxygen atoms in total. The van der Waals surface area contributed by atoms with Gasteiger partial charge in [-0.1, -0.05) is 12.1 Å². The van der Waals surface area contributed by atoms with Crippen molar-refractivity contribution < 1.29 is 19.1 Å². The van der Waals surface area contributed by atoms with Crippen molar-refractivity contribution in [3.05, 3.63) is 29.6 Å². The third kappa shape index (κ3) is 6.93. The number of anilines is 2. The van der Waals surface area contributed by atoms with Gasteiger partial charge in [0, 0.05) is 36.8 Å². The molecule has 1 fully saturated rings. The standard InChI is InChI=1S/C22H30N4O4S/c1-22(2,3)30-21(28)23-12-19(27)25-20-24-18(14-31-20)15-7-5-8-16(11-15)26-10-6-9-17(13-26)29-4/h5,7-8,11,14,17H,6,9-10,12-13H2,1-4H3,(H,23,28)(H,24,25,27)/t17-/m1/s1. The predicted octanol–water partition coefficient (Wildman–Crippen LogP) is 3.89. The summed E-state index contributed by atoms with van der Waals surface area (Å²) in [5.74, 6) is -0.362. The molecule has 1 aliphatic heterocycles. The van der Waals surface area contributed by atoms with E-state index in [0.29, 0.717) is 5.13 Å². The number of carbonyl (C=O) groups excluding carboxylic acids is 2. The molecule has 3 rings (SSSR count). The fourth-order valence-electron chi connectivity index (χ4n) is 3.32. The maximum absolute atomic E-state index is 12.1. The first-order chi connectivity index (χ1) is 14.7. The van der Waals surface area contributed by atoms with Gasteiger partial charge in [0.1, 0.15) is 12.1 Å². The molecule has 0 unspecified atom stereocenters. The van der Waals surface area contributed by atoms with E-state index in [4.69, 9.17) is 9.47 Å². The SMILES string of the molecule is CO[C@@H]1CCCN(c2cccc(-c3csc(NC(=O)CNC(=O)OC(C)(C)C)n3)c2)C1. The molecular weight excluding hydrogens is 416 g/mol. The van der Waals surface area contributed by atoms with Crippen LogP contribution in [0.25, 0.3) is 11.3 Å². The van der Waals surface area contributed by atoms with Gasteiger partial charge in [0.05, 0.1) is 11.8 Å². The molecule has 1 atom stereocenters. The number of piperidine rings is 1. The van der Waals surface area contributed by atoms with Crippen LogP contribution in [0.15, 0.2) is 29.6 Å². The van der Waals surface area contributed by atoms with Crippen LogP contribution in [0.2, 0.25) is 0 Å². The number of nitrogens with zero attached hydrogens (tertiary/aromatic N) is 2. The van der Waals surface area contributed by atoms with Gasteiger partial charge in [-0.25, -0.2) is 9.78 Å². The number of rotatable bonds is 6. The van der Waals surface area contributed by atoms with Crippen molar-refractivity contribution in [2.75, 3.05) is 37.0 Å². The molecule has 2 amide bonds. The van der Waals surface area contributed by atoms with Crippen LogP contribution in [-0.2, 0) is 14.3 Å². The van der Waals surface area contributed by atoms with Crippen molar-refractivity contribution in [2.24, 2.45) is 0 Å². The number of methoxy groups -OCH3 is 1. The summed E-state index contributed by atoms with van der Waals surface area (Å²) in [5, 5.41) is 7.54. The van der Waals surface area contributed by atoms with E-state index in [-0.39, 0.29) is 18.6 Å². The summed E-state index contributed by atoms with van der Waals surface area (Å²) in [5.41, 5.74) is 2.31. The van der Waals surface area contributed by atoms with Gasteiger partial charge in [-0.15, -0.1) is 11.3 Å². The number of carbonyl (C=O) groups is 2. The third-order valence-corrected chi connectivity index (χ3v) is 5.52. The van der Waals surface area contributed by atoms with Crippen LogP contribution < -0.4 is 15.5 Å². The first-order valence-corrected chi connectivity index (χ1v) is 11.2. The molecule has 1 aliphatic rings. The number of aromatic nitrogens is 1. The minimum absolute atomic E-state index is 0.186. The number of nitrogens with one attached hydrogen (secondary N) is 2. The average Bonchev–Trinajstić information content (AvgIpc) is 3.19. The Morgan fingerprint density at radius 3 is 2.87 bits per heavy atom. The molecule has 2 heterocycles. The van der Waals surface area contributed by atoms with Gasteiger partial charge in [-0.05, 0) is 45.7 Å². The smallest absolute Gasteiger partial charge is 0.408 e. The first-order valence-electron chi connectivity index (χ1n) is 10.3. The van der Waals surface area contributed by atoms with Crippen LogP contribution in [-0.4, -0.2) is 55.4 Å². The number of ether oxygens (including phenoxy) is 2. The monoisotopic (exact) mass is 446 g/mol. The summed E-state index contributed by atoms with van der Waals surface area (Å²) >= 11 is 1.34. The van der Waals surface area contributed by atoms with E-state index in [1.54, 1.807) is 27.9 Å². The molecule has 9 heteroatoms. The van der Waals surface area contributed by atoms with Gasteiger partial charge in [-0.3, -0.25) is 4.79 Å². The molecular formula is C22H30N4O4S. The number of hydrogen-bond donors (Lipinski definition) is 2. The zero-order valence-corrected chi connectivity index (χ0v) is 19.3. The molecule has 0 aliphatic carbocycles. The number of alkyl carbamates (subject to hydrolysis) is 1. The number of hydrogen-bond acceptors (Lipinski definition) is 7. The summed E-state index contributed by atoms with van der Waals surface area (Å²) < 4.78 is 10.7. The van der Waals surface area contributed by atoms with Gasteiger partial charge in [-0.2, -0.15) is 0 Å². The quantitative estimate of drug-likeness (QED) is 0.699. The van der Waals surface area contributed by atoms with Crippen LogP contribution in [0, 0.1) is 0 Å². The van der Waals surface area contributed by atoms with Crippen LogP contribution in [0.3, 0.4) is 0 Å². The molecule has 168 valence electrons. The predicted molar refractivity (Wildman–Crippen MR) is 123 cm³/mol. The van der Waals surface area contributed by atoms with Crippen molar-refractivity contribution in [1.82, 2.24) is 10.3 Å². The Balaban J connectivity index is 1.58. The molecule has 0 spiro atoms. The van der Waals surface area contributed by atoms with E-state index in [1.165, 1.54) is 11.3 Å². The number of thiazole rings is 1. The van der Waals surface area contributed by atoms with Gasteiger partial charge in [0.25, 0.3) is 0 Å². The molecule has 1 aromatic heterocycles. The summed E-state index contributed by atoms with van der Waals surface area (Å²) in [6.07, 6.45) is 1.82. The minimum atomic E-state index is -0.632. The molecule has 0 saturated carbocycles. The maximum Gasteiger partial charge on any atom is 0.408 e. The lowest BCUT2D eigenvalue weighted by Gasteiger charge is -2.33. The second-order valence-electron chi connectivity index (χ2n) is 8.44. The highest BCUT2D eigenvalue weighted by Gasteiger charge is 2.20. The van der Waals surface area contributed by atoms with E-state index in [0.717, 1.165) is 42.9 Å². The fraction of sp³-hybridized carbons (Fsp3) is 0.500. The zero-order valence-electron chi connectivity index (χ0n) is 18.4. The maximum atomic E-state index is 12.1. The van der Waals surface area contributed by atoms with Gasteiger partial charge < -0.3 is 25.0 Å². The van der Waals surface area contributed by atoms with Crippen LogP contribution in [0.1, 0.15) is 33.6 Å². The lowest BCUT2D eigenvalue weighted by Crippen LogP contribution is -2.39. The van der Waals surface area contributed by atoms with E-state index >= 15 is 0 Å². The summed E-state index contributed by atoms with van der Waals surface area (Å²) in [6, 6.07) is 8.23. The first kappa shape index (κ1) is 23.0. The van der Waals surface area contributed by atoms with Crippen molar-refractivity contribution in [1.29, 1.82) is 0 Å². The van der Waals surface area contributed by atoms with Gasteiger partial charge >= 0.3 is 6.09 Å². The van der Waals surface area contributed by atoms with Gasteiger partial charge in [0.2, 0.25) is 5.91 Å². The topological polar surface area (TPSA) is 92.8 Å². The Morgan fingerprint density at radius 1 is 1.32 bits per heavy atom. The lowest BCUT2D eigenvalue weighted by atomic mass is 10.1.